The van der Waals surface area contributed by atoms with E-state index in [1.807, 2.05) is 19.2 Å². The van der Waals surface area contributed by atoms with Crippen LogP contribution in [0.4, 0.5) is 0 Å². The standard InChI is InChI=1S/C22H21NO5/c1-14(7-8-15-10-12-23-13-15)9-11-21-18(24)16-5-3-4-6-17(16)19(25)22(21,28-21)20(26)27-2/h3-6,9-10,13H,7-8,11-12H2,1-2H3/t21-,22-/m0/s1. The molecule has 0 saturated carbocycles. The van der Waals surface area contributed by atoms with Crippen LogP contribution in [0.2, 0.25) is 0 Å². The first-order chi connectivity index (χ1) is 13.5. The van der Waals surface area contributed by atoms with Crippen molar-refractivity contribution in [1.29, 1.82) is 0 Å². The Morgan fingerprint density at radius 2 is 1.96 bits per heavy atom. The van der Waals surface area contributed by atoms with Crippen LogP contribution in [0.1, 0.15) is 46.9 Å². The smallest absolute Gasteiger partial charge is 0.350 e. The van der Waals surface area contributed by atoms with Gasteiger partial charge in [0.25, 0.3) is 5.60 Å². The minimum Gasteiger partial charge on any atom is -0.466 e. The molecular formula is C22H21NO5. The molecule has 2 aliphatic heterocycles. The van der Waals surface area contributed by atoms with Crippen LogP contribution in [0.5, 0.6) is 0 Å². The zero-order valence-electron chi connectivity index (χ0n) is 15.9. The van der Waals surface area contributed by atoms with Gasteiger partial charge in [0.1, 0.15) is 0 Å². The summed E-state index contributed by atoms with van der Waals surface area (Å²) < 4.78 is 10.5. The zero-order chi connectivity index (χ0) is 19.9. The summed E-state index contributed by atoms with van der Waals surface area (Å²) >= 11 is 0. The van der Waals surface area contributed by atoms with Crippen LogP contribution in [0, 0.1) is 0 Å². The number of carbonyl (C=O) groups excluding carboxylic acids is 3. The van der Waals surface area contributed by atoms with Crippen LogP contribution in [-0.4, -0.2) is 48.6 Å². The molecule has 1 saturated heterocycles. The Hall–Kier alpha value is -2.86. The van der Waals surface area contributed by atoms with E-state index in [9.17, 15) is 14.4 Å². The van der Waals surface area contributed by atoms with E-state index >= 15 is 0 Å². The summed E-state index contributed by atoms with van der Waals surface area (Å²) in [5.41, 5.74) is -0.632. The fourth-order valence-corrected chi connectivity index (χ4v) is 4.00. The van der Waals surface area contributed by atoms with Crippen molar-refractivity contribution < 1.29 is 23.9 Å². The predicted molar refractivity (Wildman–Crippen MR) is 103 cm³/mol. The lowest BCUT2D eigenvalue weighted by Gasteiger charge is -2.22. The Morgan fingerprint density at radius 1 is 1.25 bits per heavy atom. The SMILES string of the molecule is COC(=O)[C@]12O[C@@]1(CC=C(C)CCC1=CCN=C1)C(=O)c1ccccc1C2=O. The molecular weight excluding hydrogens is 358 g/mol. The van der Waals surface area contributed by atoms with Crippen LogP contribution in [0.15, 0.2) is 52.6 Å². The first-order valence-electron chi connectivity index (χ1n) is 9.28. The summed E-state index contributed by atoms with van der Waals surface area (Å²) in [7, 11) is 1.19. The highest BCUT2D eigenvalue weighted by atomic mass is 16.7. The Labute approximate surface area is 162 Å². The molecule has 2 heterocycles. The molecule has 0 amide bonds. The number of benzene rings is 1. The molecule has 28 heavy (non-hydrogen) atoms. The second-order valence-electron chi connectivity index (χ2n) is 7.33. The van der Waals surface area contributed by atoms with Crippen molar-refractivity contribution >= 4 is 23.8 Å². The highest BCUT2D eigenvalue weighted by Gasteiger charge is 2.85. The van der Waals surface area contributed by atoms with Crippen LogP contribution in [0.25, 0.3) is 0 Å². The summed E-state index contributed by atoms with van der Waals surface area (Å²) in [5.74, 6) is -1.67. The summed E-state index contributed by atoms with van der Waals surface area (Å²) in [5, 5.41) is 0. The van der Waals surface area contributed by atoms with E-state index in [4.69, 9.17) is 9.47 Å². The molecule has 3 aliphatic rings. The highest BCUT2D eigenvalue weighted by Crippen LogP contribution is 2.58. The number of esters is 1. The average molecular weight is 379 g/mol. The number of epoxide rings is 1. The molecule has 1 aromatic carbocycles. The Bertz CT molecular complexity index is 973. The molecule has 6 nitrogen and oxygen atoms in total. The van der Waals surface area contributed by atoms with Gasteiger partial charge < -0.3 is 9.47 Å². The van der Waals surface area contributed by atoms with Gasteiger partial charge in [-0.15, -0.1) is 0 Å². The molecule has 1 fully saturated rings. The molecule has 1 aliphatic carbocycles. The number of fused-ring (bicyclic) bond motifs is 2. The van der Waals surface area contributed by atoms with Gasteiger partial charge in [0.05, 0.1) is 13.7 Å². The van der Waals surface area contributed by atoms with Crippen LogP contribution in [0.3, 0.4) is 0 Å². The van der Waals surface area contributed by atoms with Crippen LogP contribution < -0.4 is 0 Å². The normalized spacial score (nSPS) is 27.9. The van der Waals surface area contributed by atoms with E-state index in [2.05, 4.69) is 11.1 Å². The lowest BCUT2D eigenvalue weighted by molar-refractivity contribution is -0.145. The van der Waals surface area contributed by atoms with Gasteiger partial charge in [-0.3, -0.25) is 14.6 Å². The van der Waals surface area contributed by atoms with Gasteiger partial charge in [0, 0.05) is 23.8 Å². The average Bonchev–Trinajstić information content (AvgIpc) is 3.15. The van der Waals surface area contributed by atoms with E-state index < -0.39 is 23.0 Å². The summed E-state index contributed by atoms with van der Waals surface area (Å²) in [6.07, 6.45) is 7.66. The molecule has 4 rings (SSSR count). The maximum absolute atomic E-state index is 13.2. The second-order valence-corrected chi connectivity index (χ2v) is 7.33. The minimum absolute atomic E-state index is 0.153. The van der Waals surface area contributed by atoms with E-state index in [1.165, 1.54) is 12.7 Å². The van der Waals surface area contributed by atoms with Gasteiger partial charge in [-0.05, 0) is 25.3 Å². The van der Waals surface area contributed by atoms with Crippen molar-refractivity contribution in [2.24, 2.45) is 4.99 Å². The molecule has 0 unspecified atom stereocenters. The molecule has 0 aromatic heterocycles. The van der Waals surface area contributed by atoms with E-state index in [-0.39, 0.29) is 17.8 Å². The predicted octanol–water partition coefficient (Wildman–Crippen LogP) is 2.87. The number of allylic oxidation sites excluding steroid dienone is 2. The first-order valence-corrected chi connectivity index (χ1v) is 9.28. The highest BCUT2D eigenvalue weighted by molar-refractivity contribution is 6.32. The van der Waals surface area contributed by atoms with Gasteiger partial charge in [-0.25, -0.2) is 4.79 Å². The van der Waals surface area contributed by atoms with Gasteiger partial charge >= 0.3 is 5.97 Å². The van der Waals surface area contributed by atoms with Crippen molar-refractivity contribution in [3.8, 4) is 0 Å². The monoisotopic (exact) mass is 379 g/mol. The minimum atomic E-state index is -1.87. The number of hydrogen-bond acceptors (Lipinski definition) is 6. The van der Waals surface area contributed by atoms with E-state index in [0.717, 1.165) is 25.0 Å². The molecule has 144 valence electrons. The van der Waals surface area contributed by atoms with Crippen molar-refractivity contribution in [2.45, 2.75) is 37.4 Å². The number of Topliss-reactive ketones (excluding diaryl/α,β-unsaturated/α-hetero) is 2. The fraction of sp³-hybridized carbons (Fsp3) is 0.364. The van der Waals surface area contributed by atoms with Crippen LogP contribution in [-0.2, 0) is 14.3 Å². The maximum atomic E-state index is 13.2. The number of ketones is 2. The molecule has 0 radical (unpaired) electrons. The number of hydrogen-bond donors (Lipinski definition) is 0. The lowest BCUT2D eigenvalue weighted by Crippen LogP contribution is -2.50. The molecule has 0 spiro atoms. The number of carbonyl (C=O) groups is 3. The molecule has 1 aromatic rings. The van der Waals surface area contributed by atoms with Crippen molar-refractivity contribution in [2.75, 3.05) is 13.7 Å². The summed E-state index contributed by atoms with van der Waals surface area (Å²) in [6.45, 7) is 2.70. The third kappa shape index (κ3) is 2.52. The second kappa shape index (κ2) is 6.63. The Balaban J connectivity index is 1.62. The molecule has 0 bridgehead atoms. The number of rotatable bonds is 6. The third-order valence-corrected chi connectivity index (χ3v) is 5.69. The number of nitrogens with zero attached hydrogens (tertiary/aromatic N) is 1. The van der Waals surface area contributed by atoms with Gasteiger partial charge in [0.15, 0.2) is 11.4 Å². The lowest BCUT2D eigenvalue weighted by atomic mass is 9.72. The van der Waals surface area contributed by atoms with E-state index in [0.29, 0.717) is 5.56 Å². The van der Waals surface area contributed by atoms with Crippen molar-refractivity contribution in [3.63, 3.8) is 0 Å². The summed E-state index contributed by atoms with van der Waals surface area (Å²) in [6, 6.07) is 6.51. The molecule has 0 N–H and O–H groups in total. The molecule has 2 atom stereocenters. The largest absolute Gasteiger partial charge is 0.466 e. The topological polar surface area (TPSA) is 85.3 Å². The quantitative estimate of drug-likeness (QED) is 0.328. The zero-order valence-corrected chi connectivity index (χ0v) is 15.9. The maximum Gasteiger partial charge on any atom is 0.350 e. The number of ether oxygens (including phenoxy) is 2. The van der Waals surface area contributed by atoms with Crippen molar-refractivity contribution in [1.82, 2.24) is 0 Å². The van der Waals surface area contributed by atoms with E-state index in [1.54, 1.807) is 24.3 Å². The van der Waals surface area contributed by atoms with Gasteiger partial charge in [-0.2, -0.15) is 0 Å². The summed E-state index contributed by atoms with van der Waals surface area (Å²) in [4.78, 5) is 42.9. The Kier molecular flexibility index (Phi) is 4.38. The first kappa shape index (κ1) is 18.5. The third-order valence-electron chi connectivity index (χ3n) is 5.69. The number of methoxy groups -OCH3 is 1. The fourth-order valence-electron chi connectivity index (χ4n) is 4.00. The number of aliphatic imine (C=N–C) groups is 1. The van der Waals surface area contributed by atoms with Crippen LogP contribution >= 0.6 is 0 Å². The Morgan fingerprint density at radius 3 is 2.61 bits per heavy atom. The van der Waals surface area contributed by atoms with Crippen molar-refractivity contribution in [3.05, 3.63) is 58.7 Å². The van der Waals surface area contributed by atoms with Gasteiger partial charge in [-0.1, -0.05) is 42.0 Å². The molecule has 6 heteroatoms. The van der Waals surface area contributed by atoms with Gasteiger partial charge in [0.2, 0.25) is 5.78 Å².